The average Bonchev–Trinajstić information content (AvgIpc) is 3.38. The monoisotopic (exact) mass is 572 g/mol. The standard InChI is InChI=1S/C32H40N6O4/c1-3-4-13-27-35-29-30(25-11-5-6-12-26(25)34-31(29)33)38(27)15-8-14-37(28(39)22-36-16-18-42-19-17-36)21-23-9-7-10-24(20-23)32(40)41-2/h5-7,9-12,20H,3-4,8,13-19,21-22H2,1-2H3,(H2,33,34). The number of benzene rings is 2. The number of esters is 1. The molecule has 222 valence electrons. The van der Waals surface area contributed by atoms with Gasteiger partial charge in [-0.15, -0.1) is 0 Å². The lowest BCUT2D eigenvalue weighted by Crippen LogP contribution is -2.45. The van der Waals surface area contributed by atoms with E-state index in [1.807, 2.05) is 35.2 Å². The molecule has 1 fully saturated rings. The van der Waals surface area contributed by atoms with Crippen molar-refractivity contribution in [2.45, 2.75) is 45.7 Å². The van der Waals surface area contributed by atoms with Gasteiger partial charge in [0.25, 0.3) is 0 Å². The lowest BCUT2D eigenvalue weighted by atomic mass is 10.1. The fraction of sp³-hybridized carbons (Fsp3) is 0.438. The van der Waals surface area contributed by atoms with Crippen molar-refractivity contribution in [1.82, 2.24) is 24.3 Å². The molecule has 2 aromatic carbocycles. The van der Waals surface area contributed by atoms with Crippen LogP contribution in [0.4, 0.5) is 5.82 Å². The molecule has 0 bridgehead atoms. The van der Waals surface area contributed by atoms with Crippen LogP contribution in [-0.4, -0.2) is 82.7 Å². The van der Waals surface area contributed by atoms with E-state index in [1.165, 1.54) is 7.11 Å². The second kappa shape index (κ2) is 13.8. The highest BCUT2D eigenvalue weighted by atomic mass is 16.5. The molecule has 1 saturated heterocycles. The summed E-state index contributed by atoms with van der Waals surface area (Å²) in [6.07, 6.45) is 3.66. The zero-order valence-corrected chi connectivity index (χ0v) is 24.6. The fourth-order valence-electron chi connectivity index (χ4n) is 5.57. The zero-order chi connectivity index (χ0) is 29.5. The molecule has 42 heavy (non-hydrogen) atoms. The first-order chi connectivity index (χ1) is 20.5. The molecule has 1 amide bonds. The molecule has 0 spiro atoms. The van der Waals surface area contributed by atoms with Gasteiger partial charge in [-0.05, 0) is 36.6 Å². The molecule has 5 rings (SSSR count). The van der Waals surface area contributed by atoms with Gasteiger partial charge in [-0.25, -0.2) is 14.8 Å². The molecular formula is C32H40N6O4. The van der Waals surface area contributed by atoms with Gasteiger partial charge in [0.1, 0.15) is 11.3 Å². The molecular weight excluding hydrogens is 532 g/mol. The summed E-state index contributed by atoms with van der Waals surface area (Å²) < 4.78 is 12.6. The number of aromatic nitrogens is 3. The number of nitrogens with zero attached hydrogens (tertiary/aromatic N) is 5. The van der Waals surface area contributed by atoms with Crippen LogP contribution in [0.1, 0.15) is 47.9 Å². The molecule has 2 N–H and O–H groups in total. The van der Waals surface area contributed by atoms with Gasteiger partial charge in [0, 0.05) is 44.5 Å². The van der Waals surface area contributed by atoms with E-state index in [9.17, 15) is 9.59 Å². The molecule has 10 nitrogen and oxygen atoms in total. The zero-order valence-electron chi connectivity index (χ0n) is 24.6. The number of hydrogen-bond donors (Lipinski definition) is 1. The van der Waals surface area contributed by atoms with Crippen molar-refractivity contribution in [2.75, 3.05) is 52.2 Å². The molecule has 0 saturated carbocycles. The van der Waals surface area contributed by atoms with Crippen LogP contribution in [0.25, 0.3) is 21.9 Å². The minimum Gasteiger partial charge on any atom is -0.465 e. The van der Waals surface area contributed by atoms with Gasteiger partial charge in [0.05, 0.1) is 43.5 Å². The Hall–Kier alpha value is -4.02. The number of nitrogen functional groups attached to an aromatic ring is 1. The molecule has 10 heteroatoms. The van der Waals surface area contributed by atoms with Crippen LogP contribution in [0.15, 0.2) is 48.5 Å². The van der Waals surface area contributed by atoms with Crippen LogP contribution in [0.3, 0.4) is 0 Å². The van der Waals surface area contributed by atoms with Gasteiger partial charge in [-0.1, -0.05) is 43.7 Å². The van der Waals surface area contributed by atoms with Crippen LogP contribution in [0, 0.1) is 0 Å². The van der Waals surface area contributed by atoms with Crippen molar-refractivity contribution in [2.24, 2.45) is 0 Å². The number of pyridine rings is 1. The summed E-state index contributed by atoms with van der Waals surface area (Å²) in [5, 5.41) is 1.02. The van der Waals surface area contributed by atoms with Crippen molar-refractivity contribution < 1.29 is 19.1 Å². The molecule has 4 aromatic rings. The molecule has 0 radical (unpaired) electrons. The van der Waals surface area contributed by atoms with Gasteiger partial charge >= 0.3 is 5.97 Å². The van der Waals surface area contributed by atoms with E-state index in [0.717, 1.165) is 72.1 Å². The number of unbranched alkanes of at least 4 members (excludes halogenated alkanes) is 1. The van der Waals surface area contributed by atoms with E-state index >= 15 is 0 Å². The molecule has 0 aliphatic carbocycles. The summed E-state index contributed by atoms with van der Waals surface area (Å²) in [7, 11) is 1.37. The number of para-hydroxylation sites is 1. The maximum absolute atomic E-state index is 13.6. The Bertz CT molecular complexity index is 1550. The van der Waals surface area contributed by atoms with Crippen LogP contribution < -0.4 is 5.73 Å². The molecule has 3 heterocycles. The van der Waals surface area contributed by atoms with E-state index in [-0.39, 0.29) is 5.91 Å². The third kappa shape index (κ3) is 6.71. The lowest BCUT2D eigenvalue weighted by molar-refractivity contribution is -0.134. The van der Waals surface area contributed by atoms with Crippen LogP contribution in [0.2, 0.25) is 0 Å². The summed E-state index contributed by atoms with van der Waals surface area (Å²) in [6, 6.07) is 15.3. The van der Waals surface area contributed by atoms with Crippen molar-refractivity contribution >= 4 is 39.6 Å². The van der Waals surface area contributed by atoms with Crippen LogP contribution >= 0.6 is 0 Å². The first-order valence-electron chi connectivity index (χ1n) is 14.8. The number of morpholine rings is 1. The number of anilines is 1. The van der Waals surface area contributed by atoms with E-state index < -0.39 is 5.97 Å². The molecule has 2 aromatic heterocycles. The highest BCUT2D eigenvalue weighted by Crippen LogP contribution is 2.29. The minimum absolute atomic E-state index is 0.0564. The number of amides is 1. The second-order valence-corrected chi connectivity index (χ2v) is 10.7. The Morgan fingerprint density at radius 1 is 1.07 bits per heavy atom. The minimum atomic E-state index is -0.393. The summed E-state index contributed by atoms with van der Waals surface area (Å²) >= 11 is 0. The number of imidazole rings is 1. The fourth-order valence-corrected chi connectivity index (χ4v) is 5.57. The van der Waals surface area contributed by atoms with Crippen molar-refractivity contribution in [3.8, 4) is 0 Å². The molecule has 1 aliphatic rings. The maximum atomic E-state index is 13.6. The normalized spacial score (nSPS) is 14.0. The number of rotatable bonds is 12. The number of aryl methyl sites for hydroxylation is 2. The molecule has 1 aliphatic heterocycles. The van der Waals surface area contributed by atoms with E-state index in [4.69, 9.17) is 20.2 Å². The smallest absolute Gasteiger partial charge is 0.337 e. The highest BCUT2D eigenvalue weighted by Gasteiger charge is 2.21. The van der Waals surface area contributed by atoms with Crippen LogP contribution in [0.5, 0.6) is 0 Å². The SMILES string of the molecule is CCCCc1nc2c(N)nc3ccccc3c2n1CCCN(Cc1cccc(C(=O)OC)c1)C(=O)CN1CCOCC1. The topological polar surface area (TPSA) is 116 Å². The number of methoxy groups -OCH3 is 1. The van der Waals surface area contributed by atoms with Gasteiger partial charge in [0.15, 0.2) is 5.82 Å². The first kappa shape index (κ1) is 29.5. The van der Waals surface area contributed by atoms with Crippen LogP contribution in [-0.2, 0) is 33.8 Å². The molecule has 0 unspecified atom stereocenters. The number of carbonyl (C=O) groups is 2. The Kier molecular flexibility index (Phi) is 9.66. The number of ether oxygens (including phenoxy) is 2. The van der Waals surface area contributed by atoms with Gasteiger partial charge in [0.2, 0.25) is 5.91 Å². The van der Waals surface area contributed by atoms with Gasteiger partial charge < -0.3 is 24.7 Å². The summed E-state index contributed by atoms with van der Waals surface area (Å²) in [6.45, 7) is 6.89. The third-order valence-corrected chi connectivity index (χ3v) is 7.79. The third-order valence-electron chi connectivity index (χ3n) is 7.79. The Morgan fingerprint density at radius 3 is 2.67 bits per heavy atom. The van der Waals surface area contributed by atoms with Gasteiger partial charge in [-0.2, -0.15) is 0 Å². The Morgan fingerprint density at radius 2 is 1.88 bits per heavy atom. The summed E-state index contributed by atoms with van der Waals surface area (Å²) in [5.74, 6) is 1.10. The number of carbonyl (C=O) groups excluding carboxylic acids is 2. The van der Waals surface area contributed by atoms with Crippen molar-refractivity contribution in [3.63, 3.8) is 0 Å². The Balaban J connectivity index is 1.40. The Labute approximate surface area is 246 Å². The number of hydrogen-bond acceptors (Lipinski definition) is 8. The van der Waals surface area contributed by atoms with Crippen molar-refractivity contribution in [1.29, 1.82) is 0 Å². The number of nitrogens with two attached hydrogens (primary N) is 1. The first-order valence-corrected chi connectivity index (χ1v) is 14.8. The van der Waals surface area contributed by atoms with E-state index in [0.29, 0.717) is 50.8 Å². The predicted molar refractivity (Wildman–Crippen MR) is 163 cm³/mol. The average molecular weight is 573 g/mol. The van der Waals surface area contributed by atoms with E-state index in [1.54, 1.807) is 12.1 Å². The van der Waals surface area contributed by atoms with Crippen molar-refractivity contribution in [3.05, 3.63) is 65.5 Å². The summed E-state index contributed by atoms with van der Waals surface area (Å²) in [4.78, 5) is 39.3. The van der Waals surface area contributed by atoms with Gasteiger partial charge in [-0.3, -0.25) is 9.69 Å². The number of fused-ring (bicyclic) bond motifs is 3. The van der Waals surface area contributed by atoms with E-state index in [2.05, 4.69) is 27.4 Å². The predicted octanol–water partition coefficient (Wildman–Crippen LogP) is 4.05. The quantitative estimate of drug-likeness (QED) is 0.253. The lowest BCUT2D eigenvalue weighted by Gasteiger charge is -2.30. The highest BCUT2D eigenvalue weighted by molar-refractivity contribution is 6.06. The maximum Gasteiger partial charge on any atom is 0.337 e. The second-order valence-electron chi connectivity index (χ2n) is 10.7. The largest absolute Gasteiger partial charge is 0.465 e. The summed E-state index contributed by atoms with van der Waals surface area (Å²) in [5.41, 5.74) is 10.3. The molecule has 0 atom stereocenters.